The number of aromatic hydroxyl groups is 1. The van der Waals surface area contributed by atoms with Gasteiger partial charge < -0.3 is 14.6 Å². The second-order valence-electron chi connectivity index (χ2n) is 4.84. The van der Waals surface area contributed by atoms with Gasteiger partial charge in [-0.2, -0.15) is 0 Å². The molecule has 1 aromatic rings. The number of carbonyl (C=O) groups is 1. The summed E-state index contributed by atoms with van der Waals surface area (Å²) in [5.74, 6) is -0.692. The standard InChI is InChI=1S/C12H15N3O3/c1-13-4-2-5-15-9(13)7-14-6-3-8(16)11(17)10(14)12(15)18/h3,6,9,17H,2,4-5,7H2,1H3. The van der Waals surface area contributed by atoms with Crippen LogP contribution in [0.3, 0.4) is 0 Å². The molecule has 18 heavy (non-hydrogen) atoms. The van der Waals surface area contributed by atoms with E-state index in [1.54, 1.807) is 15.7 Å². The van der Waals surface area contributed by atoms with E-state index in [0.717, 1.165) is 13.0 Å². The molecular formula is C12H15N3O3. The number of rotatable bonds is 0. The van der Waals surface area contributed by atoms with Crippen LogP contribution in [-0.4, -0.2) is 51.7 Å². The molecule has 1 amide bonds. The first-order valence-corrected chi connectivity index (χ1v) is 6.03. The molecule has 0 spiro atoms. The fraction of sp³-hybridized carbons (Fsp3) is 0.500. The van der Waals surface area contributed by atoms with Gasteiger partial charge in [-0.15, -0.1) is 0 Å². The molecule has 6 heteroatoms. The summed E-state index contributed by atoms with van der Waals surface area (Å²) in [6, 6.07) is 1.30. The van der Waals surface area contributed by atoms with Crippen LogP contribution in [0.5, 0.6) is 5.75 Å². The molecule has 0 saturated carbocycles. The third kappa shape index (κ3) is 1.45. The van der Waals surface area contributed by atoms with Gasteiger partial charge in [0.2, 0.25) is 5.43 Å². The van der Waals surface area contributed by atoms with Crippen LogP contribution in [0.2, 0.25) is 0 Å². The first-order chi connectivity index (χ1) is 8.59. The van der Waals surface area contributed by atoms with Crippen molar-refractivity contribution in [3.63, 3.8) is 0 Å². The zero-order chi connectivity index (χ0) is 12.9. The van der Waals surface area contributed by atoms with Crippen molar-refractivity contribution in [3.8, 4) is 5.75 Å². The highest BCUT2D eigenvalue weighted by atomic mass is 16.3. The summed E-state index contributed by atoms with van der Waals surface area (Å²) in [6.07, 6.45) is 2.51. The highest BCUT2D eigenvalue weighted by Gasteiger charge is 2.38. The number of hydrogen-bond donors (Lipinski definition) is 1. The van der Waals surface area contributed by atoms with Crippen LogP contribution >= 0.6 is 0 Å². The quantitative estimate of drug-likeness (QED) is 0.684. The molecule has 1 aromatic heterocycles. The van der Waals surface area contributed by atoms with Crippen LogP contribution in [0.25, 0.3) is 0 Å². The van der Waals surface area contributed by atoms with Gasteiger partial charge in [-0.1, -0.05) is 0 Å². The smallest absolute Gasteiger partial charge is 0.275 e. The van der Waals surface area contributed by atoms with Crippen LogP contribution < -0.4 is 5.43 Å². The second-order valence-corrected chi connectivity index (χ2v) is 4.84. The van der Waals surface area contributed by atoms with Crippen molar-refractivity contribution in [2.24, 2.45) is 0 Å². The molecule has 6 nitrogen and oxygen atoms in total. The fourth-order valence-corrected chi connectivity index (χ4v) is 2.75. The molecule has 2 aliphatic heterocycles. The maximum absolute atomic E-state index is 12.3. The topological polar surface area (TPSA) is 65.8 Å². The molecule has 1 atom stereocenters. The first kappa shape index (κ1) is 11.3. The van der Waals surface area contributed by atoms with E-state index < -0.39 is 11.2 Å². The summed E-state index contributed by atoms with van der Waals surface area (Å²) >= 11 is 0. The highest BCUT2D eigenvalue weighted by molar-refractivity contribution is 5.96. The van der Waals surface area contributed by atoms with E-state index >= 15 is 0 Å². The minimum absolute atomic E-state index is 0.0145. The molecule has 96 valence electrons. The van der Waals surface area contributed by atoms with E-state index in [2.05, 4.69) is 4.90 Å². The summed E-state index contributed by atoms with van der Waals surface area (Å²) in [4.78, 5) is 27.6. The van der Waals surface area contributed by atoms with E-state index in [1.165, 1.54) is 6.07 Å². The van der Waals surface area contributed by atoms with Gasteiger partial charge in [-0.3, -0.25) is 14.5 Å². The predicted molar refractivity (Wildman–Crippen MR) is 64.4 cm³/mol. The molecule has 1 saturated heterocycles. The maximum Gasteiger partial charge on any atom is 0.275 e. The summed E-state index contributed by atoms with van der Waals surface area (Å²) in [6.45, 7) is 2.22. The minimum Gasteiger partial charge on any atom is -0.503 e. The van der Waals surface area contributed by atoms with E-state index in [0.29, 0.717) is 13.1 Å². The largest absolute Gasteiger partial charge is 0.503 e. The Labute approximate surface area is 104 Å². The van der Waals surface area contributed by atoms with Crippen LogP contribution in [0, 0.1) is 0 Å². The van der Waals surface area contributed by atoms with Crippen molar-refractivity contribution in [2.75, 3.05) is 20.1 Å². The number of likely N-dealkylation sites (N-methyl/N-ethyl adjacent to an activating group) is 1. The Hall–Kier alpha value is -1.82. The molecule has 3 heterocycles. The van der Waals surface area contributed by atoms with Crippen molar-refractivity contribution in [2.45, 2.75) is 19.1 Å². The van der Waals surface area contributed by atoms with Crippen molar-refractivity contribution in [1.82, 2.24) is 14.4 Å². The summed E-state index contributed by atoms with van der Waals surface area (Å²) in [7, 11) is 1.98. The molecule has 0 bridgehead atoms. The molecule has 1 fully saturated rings. The minimum atomic E-state index is -0.501. The molecule has 2 aliphatic rings. The Balaban J connectivity index is 2.12. The third-order valence-corrected chi connectivity index (χ3v) is 3.75. The third-order valence-electron chi connectivity index (χ3n) is 3.75. The summed E-state index contributed by atoms with van der Waals surface area (Å²) in [5, 5.41) is 9.78. The maximum atomic E-state index is 12.3. The van der Waals surface area contributed by atoms with Crippen molar-refractivity contribution in [1.29, 1.82) is 0 Å². The van der Waals surface area contributed by atoms with E-state index in [4.69, 9.17) is 0 Å². The average molecular weight is 249 g/mol. The van der Waals surface area contributed by atoms with E-state index in [-0.39, 0.29) is 17.8 Å². The number of aromatic nitrogens is 1. The number of amides is 1. The average Bonchev–Trinajstić information content (AvgIpc) is 2.35. The Bertz CT molecular complexity index is 566. The first-order valence-electron chi connectivity index (χ1n) is 6.03. The monoisotopic (exact) mass is 249 g/mol. The van der Waals surface area contributed by atoms with E-state index in [9.17, 15) is 14.7 Å². The summed E-state index contributed by atoms with van der Waals surface area (Å²) in [5.41, 5.74) is -0.382. The number of carbonyl (C=O) groups excluding carboxylic acids is 1. The van der Waals surface area contributed by atoms with Gasteiger partial charge in [0.15, 0.2) is 11.4 Å². The number of fused-ring (bicyclic) bond motifs is 2. The highest BCUT2D eigenvalue weighted by Crippen LogP contribution is 2.26. The SMILES string of the molecule is CN1CCCN2C(=O)c3c(O)c(=O)ccn3CC12. The molecule has 0 radical (unpaired) electrons. The molecule has 0 aromatic carbocycles. The molecule has 3 rings (SSSR count). The fourth-order valence-electron chi connectivity index (χ4n) is 2.75. The lowest BCUT2D eigenvalue weighted by Crippen LogP contribution is -2.59. The van der Waals surface area contributed by atoms with Crippen molar-refractivity contribution < 1.29 is 9.90 Å². The molecular weight excluding hydrogens is 234 g/mol. The van der Waals surface area contributed by atoms with Gasteiger partial charge in [0, 0.05) is 25.4 Å². The molecule has 1 unspecified atom stereocenters. The number of pyridine rings is 1. The van der Waals surface area contributed by atoms with Crippen LogP contribution in [0.1, 0.15) is 16.9 Å². The Morgan fingerprint density at radius 3 is 2.89 bits per heavy atom. The van der Waals surface area contributed by atoms with Gasteiger partial charge in [-0.25, -0.2) is 0 Å². The van der Waals surface area contributed by atoms with Gasteiger partial charge >= 0.3 is 0 Å². The Morgan fingerprint density at radius 1 is 1.33 bits per heavy atom. The van der Waals surface area contributed by atoms with Gasteiger partial charge in [0.1, 0.15) is 6.17 Å². The Morgan fingerprint density at radius 2 is 2.11 bits per heavy atom. The van der Waals surface area contributed by atoms with Crippen LogP contribution in [0.4, 0.5) is 0 Å². The zero-order valence-electron chi connectivity index (χ0n) is 10.2. The van der Waals surface area contributed by atoms with Crippen LogP contribution in [0.15, 0.2) is 17.1 Å². The zero-order valence-corrected chi connectivity index (χ0v) is 10.2. The lowest BCUT2D eigenvalue weighted by molar-refractivity contribution is 0.00166. The lowest BCUT2D eigenvalue weighted by atomic mass is 10.1. The molecule has 0 aliphatic carbocycles. The molecule has 1 N–H and O–H groups in total. The van der Waals surface area contributed by atoms with Crippen molar-refractivity contribution >= 4 is 5.91 Å². The van der Waals surface area contributed by atoms with Crippen LogP contribution in [-0.2, 0) is 6.54 Å². The summed E-state index contributed by atoms with van der Waals surface area (Å²) < 4.78 is 1.67. The van der Waals surface area contributed by atoms with Crippen molar-refractivity contribution in [3.05, 3.63) is 28.2 Å². The van der Waals surface area contributed by atoms with Gasteiger partial charge in [0.25, 0.3) is 5.91 Å². The number of hydrogen-bond acceptors (Lipinski definition) is 4. The second kappa shape index (κ2) is 3.84. The predicted octanol–water partition coefficient (Wildman–Crippen LogP) is -0.329. The van der Waals surface area contributed by atoms with Gasteiger partial charge in [0.05, 0.1) is 6.54 Å². The normalized spacial score (nSPS) is 23.7. The van der Waals surface area contributed by atoms with E-state index in [1.807, 2.05) is 7.05 Å². The lowest BCUT2D eigenvalue weighted by Gasteiger charge is -2.45. The number of nitrogens with zero attached hydrogens (tertiary/aromatic N) is 3. The Kier molecular flexibility index (Phi) is 2.41. The van der Waals surface area contributed by atoms with Gasteiger partial charge in [-0.05, 0) is 13.5 Å².